The maximum absolute atomic E-state index is 12.8. The second-order valence-corrected chi connectivity index (χ2v) is 11.7. The molecule has 1 aliphatic heterocycles. The van der Waals surface area contributed by atoms with E-state index in [1.54, 1.807) is 6.92 Å². The van der Waals surface area contributed by atoms with Gasteiger partial charge in [0.2, 0.25) is 0 Å². The molecule has 4 rings (SSSR count). The molecule has 7 nitrogen and oxygen atoms in total. The third-order valence-corrected chi connectivity index (χ3v) is 6.79. The number of rotatable bonds is 2. The molecule has 36 heavy (non-hydrogen) atoms. The van der Waals surface area contributed by atoms with Crippen molar-refractivity contribution in [2.45, 2.75) is 78.6 Å². The average molecular weight is 493 g/mol. The van der Waals surface area contributed by atoms with Gasteiger partial charge in [-0.3, -0.25) is 9.59 Å². The molecule has 2 aromatic carbocycles. The third kappa shape index (κ3) is 4.06. The molecule has 0 amide bonds. The van der Waals surface area contributed by atoms with Crippen LogP contribution in [0.3, 0.4) is 0 Å². The van der Waals surface area contributed by atoms with E-state index in [4.69, 9.17) is 9.15 Å². The molecule has 0 unspecified atom stereocenters. The number of phenolic OH excluding ortho intramolecular Hbond substituents is 2. The molecule has 3 aromatic rings. The van der Waals surface area contributed by atoms with Gasteiger partial charge in [-0.1, -0.05) is 53.7 Å². The molecule has 0 radical (unpaired) electrons. The first-order valence-electron chi connectivity index (χ1n) is 11.9. The van der Waals surface area contributed by atoms with Crippen molar-refractivity contribution in [2.75, 3.05) is 0 Å². The van der Waals surface area contributed by atoms with Crippen molar-refractivity contribution in [3.63, 3.8) is 0 Å². The smallest absolute Gasteiger partial charge is 0.336 e. The van der Waals surface area contributed by atoms with Crippen LogP contribution < -0.4 is 10.4 Å². The fourth-order valence-corrected chi connectivity index (χ4v) is 5.02. The molecule has 0 fully saturated rings. The van der Waals surface area contributed by atoms with Gasteiger partial charge in [-0.05, 0) is 46.9 Å². The van der Waals surface area contributed by atoms with E-state index in [9.17, 15) is 24.6 Å². The molecular formula is C29H32O7. The topological polar surface area (TPSA) is 114 Å². The summed E-state index contributed by atoms with van der Waals surface area (Å²) in [6, 6.07) is 4.97. The first-order valence-corrected chi connectivity index (χ1v) is 11.9. The van der Waals surface area contributed by atoms with Crippen LogP contribution in [-0.2, 0) is 15.6 Å². The van der Waals surface area contributed by atoms with Gasteiger partial charge in [0, 0.05) is 17.5 Å². The van der Waals surface area contributed by atoms with Gasteiger partial charge in [-0.25, -0.2) is 4.79 Å². The third-order valence-electron chi connectivity index (χ3n) is 6.79. The van der Waals surface area contributed by atoms with E-state index in [0.717, 1.165) is 0 Å². The summed E-state index contributed by atoms with van der Waals surface area (Å²) in [6.45, 7) is 14.9. The van der Waals surface area contributed by atoms with Crippen molar-refractivity contribution in [3.8, 4) is 17.2 Å². The van der Waals surface area contributed by atoms with Gasteiger partial charge in [0.1, 0.15) is 22.6 Å². The van der Waals surface area contributed by atoms with Crippen LogP contribution in [0.1, 0.15) is 99.0 Å². The normalized spacial score (nSPS) is 16.1. The number of carbonyl (C=O) groups is 2. The molecule has 0 aliphatic carbocycles. The Bertz CT molecular complexity index is 1460. The minimum absolute atomic E-state index is 0.0696. The van der Waals surface area contributed by atoms with Gasteiger partial charge >= 0.3 is 11.6 Å². The van der Waals surface area contributed by atoms with Crippen LogP contribution in [0.25, 0.3) is 11.0 Å². The monoisotopic (exact) mass is 492 g/mol. The van der Waals surface area contributed by atoms with Crippen LogP contribution in [0.2, 0.25) is 0 Å². The zero-order valence-corrected chi connectivity index (χ0v) is 22.0. The van der Waals surface area contributed by atoms with Crippen molar-refractivity contribution < 1.29 is 29.0 Å². The number of phenols is 2. The van der Waals surface area contributed by atoms with Crippen molar-refractivity contribution in [3.05, 3.63) is 62.0 Å². The Morgan fingerprint density at radius 2 is 1.50 bits per heavy atom. The minimum atomic E-state index is -0.643. The first kappa shape index (κ1) is 25.5. The fraction of sp³-hybridized carbons (Fsp3) is 0.414. The summed E-state index contributed by atoms with van der Waals surface area (Å²) in [5.74, 6) is -1.99. The molecular weight excluding hydrogens is 460 g/mol. The molecule has 190 valence electrons. The Kier molecular flexibility index (Phi) is 5.82. The fourth-order valence-electron chi connectivity index (χ4n) is 5.02. The average Bonchev–Trinajstić information content (AvgIpc) is 2.70. The predicted octanol–water partition coefficient (Wildman–Crippen LogP) is 5.75. The lowest BCUT2D eigenvalue weighted by Gasteiger charge is -2.32. The lowest BCUT2D eigenvalue weighted by atomic mass is 9.75. The number of aromatic hydroxyl groups is 2. The molecule has 2 N–H and O–H groups in total. The molecule has 1 aromatic heterocycles. The van der Waals surface area contributed by atoms with Crippen LogP contribution in [-0.4, -0.2) is 22.0 Å². The SMILES string of the molecule is CC(=O)c1c2c(c3oc(=O)cc(C)c3c1O)[C@@H](c1cc(C(C)(C)C)c(O)c(C(C)(C)C)c1)CC(=O)O2. The van der Waals surface area contributed by atoms with E-state index >= 15 is 0 Å². The van der Waals surface area contributed by atoms with Crippen molar-refractivity contribution in [2.24, 2.45) is 0 Å². The van der Waals surface area contributed by atoms with E-state index in [-0.39, 0.29) is 40.2 Å². The number of aryl methyl sites for hydroxylation is 1. The van der Waals surface area contributed by atoms with Crippen LogP contribution in [0.15, 0.2) is 27.4 Å². The second-order valence-electron chi connectivity index (χ2n) is 11.7. The Morgan fingerprint density at radius 1 is 0.944 bits per heavy atom. The molecule has 0 saturated heterocycles. The lowest BCUT2D eigenvalue weighted by molar-refractivity contribution is -0.135. The molecule has 1 atom stereocenters. The number of esters is 1. The van der Waals surface area contributed by atoms with Gasteiger partial charge in [-0.15, -0.1) is 0 Å². The quantitative estimate of drug-likeness (QED) is 0.203. The summed E-state index contributed by atoms with van der Waals surface area (Å²) >= 11 is 0. The van der Waals surface area contributed by atoms with E-state index in [1.807, 2.05) is 53.7 Å². The maximum atomic E-state index is 12.8. The van der Waals surface area contributed by atoms with Crippen LogP contribution in [0.5, 0.6) is 17.2 Å². The van der Waals surface area contributed by atoms with Gasteiger partial charge in [0.15, 0.2) is 11.5 Å². The zero-order chi connectivity index (χ0) is 26.9. The molecule has 0 saturated carbocycles. The summed E-state index contributed by atoms with van der Waals surface area (Å²) in [5.41, 5.74) is 1.43. The van der Waals surface area contributed by atoms with Gasteiger partial charge < -0.3 is 19.4 Å². The molecule has 0 bridgehead atoms. The lowest BCUT2D eigenvalue weighted by Crippen LogP contribution is -2.25. The molecule has 2 heterocycles. The molecule has 1 aliphatic rings. The number of fused-ring (bicyclic) bond motifs is 3. The van der Waals surface area contributed by atoms with E-state index in [1.165, 1.54) is 13.0 Å². The van der Waals surface area contributed by atoms with Crippen molar-refractivity contribution >= 4 is 22.7 Å². The predicted molar refractivity (Wildman–Crippen MR) is 136 cm³/mol. The Balaban J connectivity index is 2.19. The zero-order valence-electron chi connectivity index (χ0n) is 22.0. The maximum Gasteiger partial charge on any atom is 0.336 e. The Labute approximate surface area is 209 Å². The standard InChI is InChI=1S/C29H32O7/c1-13-9-19(31)35-26-21(13)25(34)22(14(2)30)27-23(26)16(12-20(32)36-27)15-10-17(28(3,4)5)24(33)18(11-15)29(6,7)8/h9-11,16,33-34H,12H2,1-8H3/t16-/m1/s1. The summed E-state index contributed by atoms with van der Waals surface area (Å²) < 4.78 is 11.1. The van der Waals surface area contributed by atoms with Gasteiger partial charge in [-0.2, -0.15) is 0 Å². The highest BCUT2D eigenvalue weighted by molar-refractivity contribution is 6.09. The van der Waals surface area contributed by atoms with Gasteiger partial charge in [0.05, 0.1) is 11.8 Å². The highest BCUT2D eigenvalue weighted by atomic mass is 16.5. The first-order chi connectivity index (χ1) is 16.5. The number of hydrogen-bond acceptors (Lipinski definition) is 7. The highest BCUT2D eigenvalue weighted by Crippen LogP contribution is 2.51. The van der Waals surface area contributed by atoms with Crippen LogP contribution in [0, 0.1) is 6.92 Å². The number of hydrogen-bond donors (Lipinski definition) is 2. The second kappa shape index (κ2) is 8.22. The highest BCUT2D eigenvalue weighted by Gasteiger charge is 2.38. The number of ketones is 1. The van der Waals surface area contributed by atoms with E-state index in [2.05, 4.69) is 0 Å². The molecule has 0 spiro atoms. The summed E-state index contributed by atoms with van der Waals surface area (Å²) in [5, 5.41) is 22.4. The number of Topliss-reactive ketones (excluding diaryl/α,β-unsaturated/α-hetero) is 1. The molecule has 7 heteroatoms. The summed E-state index contributed by atoms with van der Waals surface area (Å²) in [4.78, 5) is 37.9. The minimum Gasteiger partial charge on any atom is -0.507 e. The summed E-state index contributed by atoms with van der Waals surface area (Å²) in [7, 11) is 0. The van der Waals surface area contributed by atoms with Crippen LogP contribution >= 0.6 is 0 Å². The Morgan fingerprint density at radius 3 is 2.00 bits per heavy atom. The van der Waals surface area contributed by atoms with E-state index in [0.29, 0.717) is 27.8 Å². The van der Waals surface area contributed by atoms with Crippen molar-refractivity contribution in [1.29, 1.82) is 0 Å². The summed E-state index contributed by atoms with van der Waals surface area (Å²) in [6.07, 6.45) is -0.0696. The Hall–Kier alpha value is -3.61. The largest absolute Gasteiger partial charge is 0.507 e. The number of carbonyl (C=O) groups excluding carboxylic acids is 2. The van der Waals surface area contributed by atoms with Crippen LogP contribution in [0.4, 0.5) is 0 Å². The van der Waals surface area contributed by atoms with Crippen molar-refractivity contribution in [1.82, 2.24) is 0 Å². The number of ether oxygens (including phenoxy) is 1. The van der Waals surface area contributed by atoms with E-state index < -0.39 is 34.1 Å². The number of benzene rings is 2. The van der Waals surface area contributed by atoms with Gasteiger partial charge in [0.25, 0.3) is 0 Å².